The van der Waals surface area contributed by atoms with Gasteiger partial charge in [-0.3, -0.25) is 0 Å². The van der Waals surface area contributed by atoms with Crippen LogP contribution in [0.4, 0.5) is 0 Å². The fourth-order valence-electron chi connectivity index (χ4n) is 2.88. The predicted octanol–water partition coefficient (Wildman–Crippen LogP) is -0.603. The summed E-state index contributed by atoms with van der Waals surface area (Å²) >= 11 is 0. The van der Waals surface area contributed by atoms with E-state index < -0.39 is 0 Å². The Hall–Kier alpha value is -1.26. The average molecular weight is 280 g/mol. The number of likely N-dealkylation sites (N-methyl/N-ethyl adjacent to an activating group) is 1. The third-order valence-corrected chi connectivity index (χ3v) is 4.15. The first kappa shape index (κ1) is 15.1. The topological polar surface area (TPSA) is 27.3 Å². The summed E-state index contributed by atoms with van der Waals surface area (Å²) in [4.78, 5) is 3.41. The molecule has 4 heteroatoms. The molecule has 0 aromatic heterocycles. The number of hydrogen-bond acceptors (Lipinski definition) is 2. The molecule has 4 nitrogen and oxygen atoms in total. The van der Waals surface area contributed by atoms with Crippen LogP contribution in [0.3, 0.4) is 0 Å². The van der Waals surface area contributed by atoms with Crippen LogP contribution < -0.4 is 19.3 Å². The number of methoxy groups -OCH3 is 1. The molecular weight excluding hydrogens is 252 g/mol. The minimum Gasteiger partial charge on any atom is -0.493 e. The number of benzene rings is 1. The molecule has 20 heavy (non-hydrogen) atoms. The molecular formula is C16H28N2O2+2. The van der Waals surface area contributed by atoms with E-state index in [1.165, 1.54) is 38.3 Å². The molecule has 0 atom stereocenters. The predicted molar refractivity (Wildman–Crippen MR) is 79.8 cm³/mol. The van der Waals surface area contributed by atoms with Crippen LogP contribution in [0, 0.1) is 0 Å². The van der Waals surface area contributed by atoms with E-state index in [1.54, 1.807) is 16.9 Å². The quantitative estimate of drug-likeness (QED) is 0.728. The third kappa shape index (κ3) is 3.87. The molecule has 1 heterocycles. The Kier molecular flexibility index (Phi) is 5.68. The van der Waals surface area contributed by atoms with Crippen molar-refractivity contribution in [2.24, 2.45) is 0 Å². The second-order valence-electron chi connectivity index (χ2n) is 5.45. The maximum atomic E-state index is 5.65. The van der Waals surface area contributed by atoms with Crippen LogP contribution in [0.25, 0.3) is 0 Å². The Morgan fingerprint density at radius 3 is 2.30 bits per heavy atom. The van der Waals surface area contributed by atoms with Crippen molar-refractivity contribution in [3.8, 4) is 11.5 Å². The molecule has 1 aromatic rings. The van der Waals surface area contributed by atoms with Gasteiger partial charge in [-0.25, -0.2) is 0 Å². The molecule has 0 radical (unpaired) electrons. The highest BCUT2D eigenvalue weighted by atomic mass is 16.5. The van der Waals surface area contributed by atoms with Gasteiger partial charge in [0.1, 0.15) is 32.7 Å². The van der Waals surface area contributed by atoms with Crippen molar-refractivity contribution >= 4 is 0 Å². The number of piperazine rings is 1. The molecule has 0 amide bonds. The molecule has 1 aliphatic heterocycles. The van der Waals surface area contributed by atoms with E-state index in [0.717, 1.165) is 18.0 Å². The van der Waals surface area contributed by atoms with E-state index in [-0.39, 0.29) is 0 Å². The second-order valence-corrected chi connectivity index (χ2v) is 5.45. The first-order valence-electron chi connectivity index (χ1n) is 7.73. The van der Waals surface area contributed by atoms with E-state index in [4.69, 9.17) is 9.47 Å². The standard InChI is InChI=1S/C16H26N2O2/c1-4-17-8-10-18(11-9-17)13-14-6-7-15(19-3)16(12-14)20-5-2/h6-7,12H,4-5,8-11,13H2,1-3H3/p+2. The molecule has 2 N–H and O–H groups in total. The fourth-order valence-corrected chi connectivity index (χ4v) is 2.88. The SMILES string of the molecule is CCOc1cc(C[NH+]2CC[NH+](CC)CC2)ccc1OC. The molecule has 1 aromatic carbocycles. The van der Waals surface area contributed by atoms with Crippen molar-refractivity contribution < 1.29 is 19.3 Å². The molecule has 0 saturated carbocycles. The van der Waals surface area contributed by atoms with Crippen molar-refractivity contribution in [1.29, 1.82) is 0 Å². The zero-order valence-electron chi connectivity index (χ0n) is 13.0. The summed E-state index contributed by atoms with van der Waals surface area (Å²) in [5.74, 6) is 1.69. The van der Waals surface area contributed by atoms with Gasteiger partial charge >= 0.3 is 0 Å². The highest BCUT2D eigenvalue weighted by molar-refractivity contribution is 5.42. The Morgan fingerprint density at radius 1 is 1.00 bits per heavy atom. The second kappa shape index (κ2) is 7.50. The van der Waals surface area contributed by atoms with Gasteiger partial charge in [-0.05, 0) is 32.0 Å². The molecule has 0 unspecified atom stereocenters. The number of hydrogen-bond donors (Lipinski definition) is 2. The number of ether oxygens (including phenoxy) is 2. The van der Waals surface area contributed by atoms with Crippen molar-refractivity contribution in [3.05, 3.63) is 23.8 Å². The molecule has 0 bridgehead atoms. The Bertz CT molecular complexity index is 415. The Morgan fingerprint density at radius 2 is 1.70 bits per heavy atom. The van der Waals surface area contributed by atoms with Crippen LogP contribution in [-0.2, 0) is 6.54 Å². The monoisotopic (exact) mass is 280 g/mol. The van der Waals surface area contributed by atoms with E-state index >= 15 is 0 Å². The zero-order chi connectivity index (χ0) is 14.4. The van der Waals surface area contributed by atoms with Gasteiger partial charge in [0.15, 0.2) is 11.5 Å². The third-order valence-electron chi connectivity index (χ3n) is 4.15. The molecule has 0 aliphatic carbocycles. The maximum Gasteiger partial charge on any atom is 0.161 e. The van der Waals surface area contributed by atoms with Crippen molar-refractivity contribution in [1.82, 2.24) is 0 Å². The lowest BCUT2D eigenvalue weighted by molar-refractivity contribution is -1.02. The minimum atomic E-state index is 0.672. The molecule has 2 rings (SSSR count). The smallest absolute Gasteiger partial charge is 0.161 e. The number of rotatable bonds is 6. The van der Waals surface area contributed by atoms with Gasteiger partial charge in [-0.15, -0.1) is 0 Å². The molecule has 112 valence electrons. The molecule has 1 saturated heterocycles. The van der Waals surface area contributed by atoms with E-state index in [9.17, 15) is 0 Å². The van der Waals surface area contributed by atoms with Gasteiger partial charge in [0.2, 0.25) is 0 Å². The summed E-state index contributed by atoms with van der Waals surface area (Å²) in [7, 11) is 1.69. The van der Waals surface area contributed by atoms with Crippen LogP contribution in [-0.4, -0.2) is 46.4 Å². The number of nitrogens with one attached hydrogen (secondary N) is 2. The summed E-state index contributed by atoms with van der Waals surface area (Å²) in [6.45, 7) is 12.4. The molecule has 0 spiro atoms. The average Bonchev–Trinajstić information content (AvgIpc) is 2.49. The summed E-state index contributed by atoms with van der Waals surface area (Å²) in [6.07, 6.45) is 0. The van der Waals surface area contributed by atoms with Crippen LogP contribution in [0.2, 0.25) is 0 Å². The highest BCUT2D eigenvalue weighted by Gasteiger charge is 2.21. The summed E-state index contributed by atoms with van der Waals surface area (Å²) in [6, 6.07) is 6.31. The highest BCUT2D eigenvalue weighted by Crippen LogP contribution is 2.27. The van der Waals surface area contributed by atoms with E-state index in [0.29, 0.717) is 6.61 Å². The van der Waals surface area contributed by atoms with Crippen LogP contribution in [0.1, 0.15) is 19.4 Å². The maximum absolute atomic E-state index is 5.65. The summed E-state index contributed by atoms with van der Waals surface area (Å²) < 4.78 is 11.0. The lowest BCUT2D eigenvalue weighted by Crippen LogP contribution is -3.27. The van der Waals surface area contributed by atoms with Gasteiger partial charge in [-0.2, -0.15) is 0 Å². The Labute approximate surface area is 122 Å². The lowest BCUT2D eigenvalue weighted by Gasteiger charge is -2.29. The van der Waals surface area contributed by atoms with E-state index in [1.807, 2.05) is 13.0 Å². The van der Waals surface area contributed by atoms with Crippen molar-refractivity contribution in [3.63, 3.8) is 0 Å². The van der Waals surface area contributed by atoms with Gasteiger partial charge in [0.05, 0.1) is 20.3 Å². The van der Waals surface area contributed by atoms with Gasteiger partial charge in [-0.1, -0.05) is 0 Å². The first-order chi connectivity index (χ1) is 9.76. The van der Waals surface area contributed by atoms with Crippen molar-refractivity contribution in [2.75, 3.05) is 46.4 Å². The minimum absolute atomic E-state index is 0.672. The fraction of sp³-hybridized carbons (Fsp3) is 0.625. The lowest BCUT2D eigenvalue weighted by atomic mass is 10.1. The first-order valence-corrected chi connectivity index (χ1v) is 7.73. The van der Waals surface area contributed by atoms with Gasteiger partial charge in [0.25, 0.3) is 0 Å². The van der Waals surface area contributed by atoms with Gasteiger partial charge < -0.3 is 19.3 Å². The van der Waals surface area contributed by atoms with Gasteiger partial charge in [0, 0.05) is 5.56 Å². The Balaban J connectivity index is 1.97. The van der Waals surface area contributed by atoms with Crippen LogP contribution in [0.15, 0.2) is 18.2 Å². The summed E-state index contributed by atoms with van der Waals surface area (Å²) in [5, 5.41) is 0. The van der Waals surface area contributed by atoms with Crippen LogP contribution >= 0.6 is 0 Å². The molecule has 1 fully saturated rings. The number of quaternary nitrogens is 2. The normalized spacial score (nSPS) is 22.6. The largest absolute Gasteiger partial charge is 0.493 e. The molecule has 1 aliphatic rings. The van der Waals surface area contributed by atoms with Crippen molar-refractivity contribution in [2.45, 2.75) is 20.4 Å². The van der Waals surface area contributed by atoms with E-state index in [2.05, 4.69) is 19.1 Å². The zero-order valence-corrected chi connectivity index (χ0v) is 13.0. The van der Waals surface area contributed by atoms with Crippen LogP contribution in [0.5, 0.6) is 11.5 Å². The summed E-state index contributed by atoms with van der Waals surface area (Å²) in [5.41, 5.74) is 1.34.